The van der Waals surface area contributed by atoms with Gasteiger partial charge in [-0.2, -0.15) is 0 Å². The molecule has 0 fully saturated rings. The van der Waals surface area contributed by atoms with Crippen molar-refractivity contribution in [2.45, 2.75) is 0 Å². The van der Waals surface area contributed by atoms with Crippen molar-refractivity contribution in [3.63, 3.8) is 0 Å². The first kappa shape index (κ1) is 10.0. The molecule has 15 heavy (non-hydrogen) atoms. The van der Waals surface area contributed by atoms with Crippen LogP contribution in [0.4, 0.5) is 0 Å². The van der Waals surface area contributed by atoms with Gasteiger partial charge >= 0.3 is 7.12 Å². The van der Waals surface area contributed by atoms with E-state index in [0.29, 0.717) is 5.46 Å². The second-order valence-electron chi connectivity index (χ2n) is 3.28. The highest BCUT2D eigenvalue weighted by atomic mass is 16.5. The molecular formula is C11H11BO3. The van der Waals surface area contributed by atoms with Gasteiger partial charge in [0.05, 0.1) is 7.11 Å². The van der Waals surface area contributed by atoms with Crippen LogP contribution in [0, 0.1) is 0 Å². The van der Waals surface area contributed by atoms with Crippen molar-refractivity contribution in [3.05, 3.63) is 36.4 Å². The summed E-state index contributed by atoms with van der Waals surface area (Å²) in [5.41, 5.74) is 0.492. The van der Waals surface area contributed by atoms with Gasteiger partial charge in [-0.1, -0.05) is 30.3 Å². The number of fused-ring (bicyclic) bond motifs is 1. The fraction of sp³-hybridized carbons (Fsp3) is 0.0909. The summed E-state index contributed by atoms with van der Waals surface area (Å²) in [7, 11) is 0.136. The van der Waals surface area contributed by atoms with Crippen molar-refractivity contribution >= 4 is 23.4 Å². The highest BCUT2D eigenvalue weighted by molar-refractivity contribution is 6.62. The molecule has 3 nitrogen and oxygen atoms in total. The summed E-state index contributed by atoms with van der Waals surface area (Å²) < 4.78 is 5.20. The Bertz CT molecular complexity index is 482. The molecule has 0 spiro atoms. The minimum atomic E-state index is -1.46. The van der Waals surface area contributed by atoms with Gasteiger partial charge in [-0.15, -0.1) is 0 Å². The van der Waals surface area contributed by atoms with Gasteiger partial charge in [-0.05, 0) is 16.9 Å². The molecule has 0 saturated heterocycles. The van der Waals surface area contributed by atoms with Gasteiger partial charge in [0.2, 0.25) is 0 Å². The predicted molar refractivity (Wildman–Crippen MR) is 60.3 cm³/mol. The number of ether oxygens (including phenoxy) is 1. The maximum atomic E-state index is 9.20. The third-order valence-corrected chi connectivity index (χ3v) is 2.41. The van der Waals surface area contributed by atoms with Crippen LogP contribution in [-0.2, 0) is 0 Å². The molecule has 2 rings (SSSR count). The largest absolute Gasteiger partial charge is 0.496 e. The standard InChI is InChI=1S/C11H11BO3/c1-15-11-7-3-4-8-9(11)5-2-6-10(8)12(13)14/h2-7,13-14H,1H3. The third kappa shape index (κ3) is 1.69. The van der Waals surface area contributed by atoms with Crippen molar-refractivity contribution in [3.8, 4) is 5.75 Å². The van der Waals surface area contributed by atoms with Crippen molar-refractivity contribution < 1.29 is 14.8 Å². The molecule has 2 aromatic carbocycles. The van der Waals surface area contributed by atoms with Gasteiger partial charge in [-0.25, -0.2) is 0 Å². The first-order valence-corrected chi connectivity index (χ1v) is 4.66. The average Bonchev–Trinajstić information content (AvgIpc) is 2.27. The minimum absolute atomic E-state index is 0.492. The Morgan fingerprint density at radius 2 is 1.67 bits per heavy atom. The fourth-order valence-electron chi connectivity index (χ4n) is 1.71. The Labute approximate surface area is 88.1 Å². The second-order valence-corrected chi connectivity index (χ2v) is 3.28. The second kappa shape index (κ2) is 3.92. The van der Waals surface area contributed by atoms with Crippen molar-refractivity contribution in [2.75, 3.05) is 7.11 Å². The molecule has 0 bridgehead atoms. The summed E-state index contributed by atoms with van der Waals surface area (Å²) in [6, 6.07) is 10.9. The van der Waals surface area contributed by atoms with Crippen LogP contribution in [0.5, 0.6) is 5.75 Å². The van der Waals surface area contributed by atoms with E-state index in [0.717, 1.165) is 16.5 Å². The molecule has 76 valence electrons. The molecular weight excluding hydrogens is 191 g/mol. The van der Waals surface area contributed by atoms with E-state index >= 15 is 0 Å². The van der Waals surface area contributed by atoms with E-state index in [-0.39, 0.29) is 0 Å². The van der Waals surface area contributed by atoms with E-state index in [2.05, 4.69) is 0 Å². The Kier molecular flexibility index (Phi) is 2.62. The van der Waals surface area contributed by atoms with E-state index in [1.807, 2.05) is 24.3 Å². The number of benzene rings is 2. The van der Waals surface area contributed by atoms with E-state index in [1.54, 1.807) is 19.2 Å². The lowest BCUT2D eigenvalue weighted by Gasteiger charge is -2.08. The van der Waals surface area contributed by atoms with E-state index in [9.17, 15) is 10.0 Å². The molecule has 0 amide bonds. The Hall–Kier alpha value is -1.52. The maximum Gasteiger partial charge on any atom is 0.489 e. The summed E-state index contributed by atoms with van der Waals surface area (Å²) in [5, 5.41) is 20.1. The van der Waals surface area contributed by atoms with Crippen LogP contribution in [0.1, 0.15) is 0 Å². The molecule has 0 radical (unpaired) electrons. The molecule has 0 saturated carbocycles. The van der Waals surface area contributed by atoms with Gasteiger partial charge in [0, 0.05) is 5.39 Å². The van der Waals surface area contributed by atoms with Crippen molar-refractivity contribution in [1.29, 1.82) is 0 Å². The quantitative estimate of drug-likeness (QED) is 0.698. The Morgan fingerprint density at radius 3 is 2.33 bits per heavy atom. The van der Waals surface area contributed by atoms with Crippen molar-refractivity contribution in [2.24, 2.45) is 0 Å². The predicted octanol–water partition coefficient (Wildman–Crippen LogP) is 0.528. The van der Waals surface area contributed by atoms with Crippen LogP contribution in [0.15, 0.2) is 36.4 Å². The third-order valence-electron chi connectivity index (χ3n) is 2.41. The zero-order chi connectivity index (χ0) is 10.8. The summed E-state index contributed by atoms with van der Waals surface area (Å²) in [6.07, 6.45) is 0. The Morgan fingerprint density at radius 1 is 1.00 bits per heavy atom. The summed E-state index contributed by atoms with van der Waals surface area (Å²) in [5.74, 6) is 0.731. The van der Waals surface area contributed by atoms with Crippen LogP contribution in [0.2, 0.25) is 0 Å². The zero-order valence-electron chi connectivity index (χ0n) is 8.34. The molecule has 0 aliphatic carbocycles. The monoisotopic (exact) mass is 202 g/mol. The van der Waals surface area contributed by atoms with Gasteiger partial charge in [0.25, 0.3) is 0 Å². The fourth-order valence-corrected chi connectivity index (χ4v) is 1.71. The van der Waals surface area contributed by atoms with Crippen molar-refractivity contribution in [1.82, 2.24) is 0 Å². The molecule has 2 aromatic rings. The van der Waals surface area contributed by atoms with Gasteiger partial charge in [-0.3, -0.25) is 0 Å². The van der Waals surface area contributed by atoms with Crippen LogP contribution in [0.25, 0.3) is 10.8 Å². The molecule has 0 unspecified atom stereocenters. The van der Waals surface area contributed by atoms with E-state index < -0.39 is 7.12 Å². The van der Waals surface area contributed by atoms with Gasteiger partial charge < -0.3 is 14.8 Å². The molecule has 0 aromatic heterocycles. The van der Waals surface area contributed by atoms with Gasteiger partial charge in [0.1, 0.15) is 5.75 Å². The van der Waals surface area contributed by atoms with Crippen LogP contribution >= 0.6 is 0 Å². The lowest BCUT2D eigenvalue weighted by Crippen LogP contribution is -2.30. The number of methoxy groups -OCH3 is 1. The van der Waals surface area contributed by atoms with E-state index in [1.165, 1.54) is 0 Å². The summed E-state index contributed by atoms with van der Waals surface area (Å²) in [4.78, 5) is 0. The molecule has 2 N–H and O–H groups in total. The highest BCUT2D eigenvalue weighted by Gasteiger charge is 2.15. The smallest absolute Gasteiger partial charge is 0.489 e. The van der Waals surface area contributed by atoms with Crippen LogP contribution in [0.3, 0.4) is 0 Å². The van der Waals surface area contributed by atoms with Crippen LogP contribution in [-0.4, -0.2) is 24.3 Å². The topological polar surface area (TPSA) is 49.7 Å². The Balaban J connectivity index is 2.76. The summed E-state index contributed by atoms with van der Waals surface area (Å²) in [6.45, 7) is 0. The van der Waals surface area contributed by atoms with Crippen LogP contribution < -0.4 is 10.2 Å². The highest BCUT2D eigenvalue weighted by Crippen LogP contribution is 2.23. The van der Waals surface area contributed by atoms with Gasteiger partial charge in [0.15, 0.2) is 0 Å². The average molecular weight is 202 g/mol. The first-order valence-electron chi connectivity index (χ1n) is 4.66. The molecule has 4 heteroatoms. The minimum Gasteiger partial charge on any atom is -0.496 e. The number of hydrogen-bond acceptors (Lipinski definition) is 3. The first-order chi connectivity index (χ1) is 7.24. The molecule has 0 atom stereocenters. The lowest BCUT2D eigenvalue weighted by atomic mass is 9.77. The number of hydrogen-bond donors (Lipinski definition) is 2. The molecule has 0 aliphatic rings. The lowest BCUT2D eigenvalue weighted by molar-refractivity contribution is 0.419. The zero-order valence-corrected chi connectivity index (χ0v) is 8.34. The molecule has 0 aliphatic heterocycles. The normalized spacial score (nSPS) is 10.3. The maximum absolute atomic E-state index is 9.20. The van der Waals surface area contributed by atoms with E-state index in [4.69, 9.17) is 4.74 Å². The SMILES string of the molecule is COc1cccc2c(B(O)O)cccc12. The molecule has 0 heterocycles. The summed E-state index contributed by atoms with van der Waals surface area (Å²) >= 11 is 0. The number of rotatable bonds is 2.